The van der Waals surface area contributed by atoms with Crippen molar-refractivity contribution in [3.05, 3.63) is 51.6 Å². The second kappa shape index (κ2) is 6.11. The van der Waals surface area contributed by atoms with Crippen molar-refractivity contribution in [3.63, 3.8) is 0 Å². The Balaban J connectivity index is 2.42. The van der Waals surface area contributed by atoms with Gasteiger partial charge in [0.25, 0.3) is 5.91 Å². The van der Waals surface area contributed by atoms with Gasteiger partial charge in [0, 0.05) is 11.8 Å². The predicted molar refractivity (Wildman–Crippen MR) is 82.6 cm³/mol. The molecule has 6 nitrogen and oxygen atoms in total. The third kappa shape index (κ3) is 3.07. The molecule has 2 heterocycles. The molecule has 2 N–H and O–H groups in total. The van der Waals surface area contributed by atoms with E-state index in [0.717, 1.165) is 0 Å². The summed E-state index contributed by atoms with van der Waals surface area (Å²) in [5, 5.41) is 12.0. The molecule has 0 aromatic carbocycles. The number of anilines is 1. The molecular weight excluding hydrogens is 306 g/mol. The van der Waals surface area contributed by atoms with Crippen molar-refractivity contribution in [1.82, 2.24) is 9.97 Å². The van der Waals surface area contributed by atoms with Crippen LogP contribution in [0.4, 0.5) is 5.69 Å². The minimum absolute atomic E-state index is 0.100. The number of aromatic nitrogens is 2. The first-order valence-corrected chi connectivity index (χ1v) is 6.83. The van der Waals surface area contributed by atoms with Crippen LogP contribution < -0.4 is 5.32 Å². The summed E-state index contributed by atoms with van der Waals surface area (Å²) in [6.07, 6.45) is 1.41. The molecule has 0 fully saturated rings. The fourth-order valence-corrected chi connectivity index (χ4v) is 2.20. The standard InChI is InChI=1S/C15H14ClN3O3/c1-7-4-5-10(16)18-12(7)14(20)19-11-8(2)6-17-13(9(11)3)15(21)22/h4-6H,1-3H3,(H,21,22)(H,17,19,20). The van der Waals surface area contributed by atoms with E-state index in [1.807, 2.05) is 0 Å². The van der Waals surface area contributed by atoms with Gasteiger partial charge < -0.3 is 10.4 Å². The van der Waals surface area contributed by atoms with Crippen LogP contribution in [0.15, 0.2) is 18.3 Å². The van der Waals surface area contributed by atoms with Crippen molar-refractivity contribution >= 4 is 29.2 Å². The van der Waals surface area contributed by atoms with Crippen LogP contribution in [0.1, 0.15) is 37.7 Å². The molecule has 114 valence electrons. The zero-order valence-electron chi connectivity index (χ0n) is 12.3. The number of pyridine rings is 2. The third-order valence-electron chi connectivity index (χ3n) is 3.23. The van der Waals surface area contributed by atoms with Crippen LogP contribution in [-0.2, 0) is 0 Å². The molecule has 1 amide bonds. The maximum Gasteiger partial charge on any atom is 0.354 e. The van der Waals surface area contributed by atoms with Gasteiger partial charge in [0.2, 0.25) is 0 Å². The molecule has 0 aliphatic rings. The fourth-order valence-electron chi connectivity index (χ4n) is 2.05. The van der Waals surface area contributed by atoms with E-state index in [0.29, 0.717) is 22.4 Å². The predicted octanol–water partition coefficient (Wildman–Crippen LogP) is 3.01. The van der Waals surface area contributed by atoms with Crippen LogP contribution >= 0.6 is 11.6 Å². The minimum atomic E-state index is -1.15. The number of hydrogen-bond acceptors (Lipinski definition) is 4. The SMILES string of the molecule is Cc1ccc(Cl)nc1C(=O)Nc1c(C)cnc(C(=O)O)c1C. The molecule has 0 bridgehead atoms. The normalized spacial score (nSPS) is 10.4. The number of nitrogens with zero attached hydrogens (tertiary/aromatic N) is 2. The number of rotatable bonds is 3. The maximum absolute atomic E-state index is 12.4. The molecule has 0 saturated carbocycles. The van der Waals surface area contributed by atoms with Crippen LogP contribution in [0.25, 0.3) is 0 Å². The van der Waals surface area contributed by atoms with E-state index in [1.165, 1.54) is 6.20 Å². The summed E-state index contributed by atoms with van der Waals surface area (Å²) >= 11 is 5.81. The molecule has 0 unspecified atom stereocenters. The Hall–Kier alpha value is -2.47. The van der Waals surface area contributed by atoms with Crippen molar-refractivity contribution in [3.8, 4) is 0 Å². The molecule has 7 heteroatoms. The molecule has 0 aliphatic carbocycles. The lowest BCUT2D eigenvalue weighted by atomic mass is 10.1. The van der Waals surface area contributed by atoms with Gasteiger partial charge in [-0.1, -0.05) is 17.7 Å². The van der Waals surface area contributed by atoms with Gasteiger partial charge in [0.05, 0.1) is 5.69 Å². The van der Waals surface area contributed by atoms with Gasteiger partial charge in [0.1, 0.15) is 10.8 Å². The monoisotopic (exact) mass is 319 g/mol. The average molecular weight is 320 g/mol. The van der Waals surface area contributed by atoms with Crippen LogP contribution in [0.2, 0.25) is 5.15 Å². The van der Waals surface area contributed by atoms with Gasteiger partial charge in [0.15, 0.2) is 5.69 Å². The first-order chi connectivity index (χ1) is 10.3. The number of hydrogen-bond donors (Lipinski definition) is 2. The summed E-state index contributed by atoms with van der Waals surface area (Å²) in [5.41, 5.74) is 2.23. The number of nitrogens with one attached hydrogen (secondary N) is 1. The van der Waals surface area contributed by atoms with Gasteiger partial charge in [-0.25, -0.2) is 14.8 Å². The topological polar surface area (TPSA) is 92.2 Å². The Labute approximate surface area is 132 Å². The number of carboxylic acid groups (broad SMARTS) is 1. The molecule has 0 aliphatic heterocycles. The van der Waals surface area contributed by atoms with Gasteiger partial charge in [-0.05, 0) is 38.0 Å². The number of carbonyl (C=O) groups excluding carboxylic acids is 1. The number of aromatic carboxylic acids is 1. The van der Waals surface area contributed by atoms with Crippen molar-refractivity contribution in [2.24, 2.45) is 0 Å². The van der Waals surface area contributed by atoms with E-state index >= 15 is 0 Å². The summed E-state index contributed by atoms with van der Waals surface area (Å²) in [5.74, 6) is -1.60. The van der Waals surface area contributed by atoms with Crippen molar-refractivity contribution in [2.75, 3.05) is 5.32 Å². The lowest BCUT2D eigenvalue weighted by Crippen LogP contribution is -2.18. The minimum Gasteiger partial charge on any atom is -0.477 e. The van der Waals surface area contributed by atoms with E-state index in [2.05, 4.69) is 15.3 Å². The number of aryl methyl sites for hydroxylation is 2. The molecule has 2 aromatic heterocycles. The first kappa shape index (κ1) is 15.9. The highest BCUT2D eigenvalue weighted by Crippen LogP contribution is 2.23. The Kier molecular flexibility index (Phi) is 4.42. The lowest BCUT2D eigenvalue weighted by Gasteiger charge is -2.13. The maximum atomic E-state index is 12.4. The molecule has 0 spiro atoms. The van der Waals surface area contributed by atoms with Gasteiger partial charge in [-0.2, -0.15) is 0 Å². The van der Waals surface area contributed by atoms with Gasteiger partial charge in [-0.15, -0.1) is 0 Å². The Morgan fingerprint density at radius 2 is 1.82 bits per heavy atom. The van der Waals surface area contributed by atoms with Crippen LogP contribution in [0.3, 0.4) is 0 Å². The van der Waals surface area contributed by atoms with E-state index in [4.69, 9.17) is 16.7 Å². The summed E-state index contributed by atoms with van der Waals surface area (Å²) < 4.78 is 0. The van der Waals surface area contributed by atoms with Crippen LogP contribution in [-0.4, -0.2) is 27.0 Å². The quantitative estimate of drug-likeness (QED) is 0.848. The number of amides is 1. The smallest absolute Gasteiger partial charge is 0.354 e. The molecular formula is C15H14ClN3O3. The second-order valence-corrected chi connectivity index (χ2v) is 5.24. The van der Waals surface area contributed by atoms with Crippen molar-refractivity contribution in [1.29, 1.82) is 0 Å². The molecule has 2 rings (SSSR count). The molecule has 0 atom stereocenters. The Morgan fingerprint density at radius 1 is 1.14 bits per heavy atom. The highest BCUT2D eigenvalue weighted by molar-refractivity contribution is 6.29. The summed E-state index contributed by atoms with van der Waals surface area (Å²) in [7, 11) is 0. The van der Waals surface area contributed by atoms with Gasteiger partial charge >= 0.3 is 5.97 Å². The highest BCUT2D eigenvalue weighted by Gasteiger charge is 2.18. The zero-order valence-corrected chi connectivity index (χ0v) is 13.0. The fraction of sp³-hybridized carbons (Fsp3) is 0.200. The van der Waals surface area contributed by atoms with E-state index in [9.17, 15) is 9.59 Å². The molecule has 22 heavy (non-hydrogen) atoms. The number of halogens is 1. The summed E-state index contributed by atoms with van der Waals surface area (Å²) in [4.78, 5) is 31.4. The van der Waals surface area contributed by atoms with Crippen molar-refractivity contribution < 1.29 is 14.7 Å². The van der Waals surface area contributed by atoms with E-state index in [-0.39, 0.29) is 16.5 Å². The highest BCUT2D eigenvalue weighted by atomic mass is 35.5. The van der Waals surface area contributed by atoms with Crippen LogP contribution in [0.5, 0.6) is 0 Å². The third-order valence-corrected chi connectivity index (χ3v) is 3.44. The van der Waals surface area contributed by atoms with E-state index < -0.39 is 11.9 Å². The summed E-state index contributed by atoms with van der Waals surface area (Å²) in [6, 6.07) is 3.29. The molecule has 2 aromatic rings. The van der Waals surface area contributed by atoms with E-state index in [1.54, 1.807) is 32.9 Å². The Bertz CT molecular complexity index is 775. The second-order valence-electron chi connectivity index (χ2n) is 4.85. The largest absolute Gasteiger partial charge is 0.477 e. The molecule has 0 radical (unpaired) electrons. The first-order valence-electron chi connectivity index (χ1n) is 6.45. The lowest BCUT2D eigenvalue weighted by molar-refractivity contribution is 0.0689. The van der Waals surface area contributed by atoms with Gasteiger partial charge in [-0.3, -0.25) is 4.79 Å². The number of carbonyl (C=O) groups is 2. The molecule has 0 saturated heterocycles. The average Bonchev–Trinajstić information content (AvgIpc) is 2.45. The Morgan fingerprint density at radius 3 is 2.45 bits per heavy atom. The van der Waals surface area contributed by atoms with Crippen LogP contribution in [0, 0.1) is 20.8 Å². The zero-order chi connectivity index (χ0) is 16.4. The number of carboxylic acids is 1. The van der Waals surface area contributed by atoms with Crippen molar-refractivity contribution in [2.45, 2.75) is 20.8 Å². The summed E-state index contributed by atoms with van der Waals surface area (Å²) in [6.45, 7) is 5.07.